The normalized spacial score (nSPS) is 21.7. The summed E-state index contributed by atoms with van der Waals surface area (Å²) >= 11 is 6.18. The molecule has 0 unspecified atom stereocenters. The number of nitrogens with one attached hydrogen (secondary N) is 2. The number of rotatable bonds is 6. The van der Waals surface area contributed by atoms with Crippen LogP contribution in [0.5, 0.6) is 0 Å². The van der Waals surface area contributed by atoms with E-state index in [2.05, 4.69) is 20.2 Å². The van der Waals surface area contributed by atoms with Crippen molar-refractivity contribution in [1.82, 2.24) is 19.5 Å². The van der Waals surface area contributed by atoms with Gasteiger partial charge in [-0.1, -0.05) is 30.5 Å². The predicted molar refractivity (Wildman–Crippen MR) is 126 cm³/mol. The van der Waals surface area contributed by atoms with Gasteiger partial charge in [0.15, 0.2) is 5.65 Å². The van der Waals surface area contributed by atoms with Crippen LogP contribution in [0.1, 0.15) is 57.4 Å². The van der Waals surface area contributed by atoms with Gasteiger partial charge in [0.05, 0.1) is 6.20 Å². The molecular weight excluding hydrogens is 426 g/mol. The van der Waals surface area contributed by atoms with Gasteiger partial charge in [0, 0.05) is 28.7 Å². The van der Waals surface area contributed by atoms with Crippen molar-refractivity contribution in [2.24, 2.45) is 11.7 Å². The topological polar surface area (TPSA) is 111 Å². The van der Waals surface area contributed by atoms with E-state index in [4.69, 9.17) is 27.3 Å². The van der Waals surface area contributed by atoms with E-state index in [0.717, 1.165) is 55.4 Å². The van der Waals surface area contributed by atoms with E-state index >= 15 is 0 Å². The summed E-state index contributed by atoms with van der Waals surface area (Å²) in [5, 5.41) is 7.56. The number of benzene rings is 1. The number of fused-ring (bicyclic) bond motifs is 1. The molecule has 9 heteroatoms. The van der Waals surface area contributed by atoms with Crippen molar-refractivity contribution >= 4 is 46.3 Å². The summed E-state index contributed by atoms with van der Waals surface area (Å²) in [5.41, 5.74) is 7.95. The summed E-state index contributed by atoms with van der Waals surface area (Å²) in [5.74, 6) is 1.09. The van der Waals surface area contributed by atoms with E-state index in [1.54, 1.807) is 6.20 Å². The predicted octanol–water partition coefficient (Wildman–Crippen LogP) is 4.79. The summed E-state index contributed by atoms with van der Waals surface area (Å²) in [6.45, 7) is 0. The van der Waals surface area contributed by atoms with Gasteiger partial charge in [-0.3, -0.25) is 9.36 Å². The molecule has 2 heterocycles. The van der Waals surface area contributed by atoms with Crippen LogP contribution in [0.3, 0.4) is 0 Å². The molecule has 0 bridgehead atoms. The zero-order chi connectivity index (χ0) is 22.1. The number of hydrogen-bond acceptors (Lipinski definition) is 6. The average molecular weight is 454 g/mol. The fraction of sp³-hybridized carbons (Fsp3) is 0.478. The van der Waals surface area contributed by atoms with Gasteiger partial charge in [0.25, 0.3) is 0 Å². The van der Waals surface area contributed by atoms with Gasteiger partial charge in [0.1, 0.15) is 5.52 Å². The van der Waals surface area contributed by atoms with Crippen molar-refractivity contribution in [2.45, 2.75) is 63.5 Å². The molecule has 0 atom stereocenters. The SMILES string of the molecule is NC(=O)[C@H]1CC[C@H](n2c(Nc3cccc(Cl)c3)nc3cnc(NC4CCCC4)nc32)CC1. The van der Waals surface area contributed by atoms with Gasteiger partial charge in [-0.05, 0) is 56.7 Å². The van der Waals surface area contributed by atoms with E-state index in [9.17, 15) is 4.79 Å². The average Bonchev–Trinajstić information content (AvgIpc) is 3.41. The second kappa shape index (κ2) is 8.94. The first-order chi connectivity index (χ1) is 15.6. The Labute approximate surface area is 192 Å². The molecule has 2 aliphatic carbocycles. The first-order valence-corrected chi connectivity index (χ1v) is 11.8. The number of hydrogen-bond donors (Lipinski definition) is 3. The molecule has 2 aromatic heterocycles. The molecule has 32 heavy (non-hydrogen) atoms. The summed E-state index contributed by atoms with van der Waals surface area (Å²) in [4.78, 5) is 25.8. The van der Waals surface area contributed by atoms with Crippen molar-refractivity contribution in [3.05, 3.63) is 35.5 Å². The molecule has 168 valence electrons. The van der Waals surface area contributed by atoms with Crippen LogP contribution in [-0.2, 0) is 4.79 Å². The highest BCUT2D eigenvalue weighted by atomic mass is 35.5. The van der Waals surface area contributed by atoms with Crippen molar-refractivity contribution in [3.63, 3.8) is 0 Å². The lowest BCUT2D eigenvalue weighted by atomic mass is 9.85. The number of aromatic nitrogens is 4. The highest BCUT2D eigenvalue weighted by molar-refractivity contribution is 6.30. The van der Waals surface area contributed by atoms with Crippen LogP contribution >= 0.6 is 11.6 Å². The van der Waals surface area contributed by atoms with Crippen LogP contribution in [0.4, 0.5) is 17.6 Å². The van der Waals surface area contributed by atoms with Gasteiger partial charge in [-0.15, -0.1) is 0 Å². The number of carbonyl (C=O) groups is 1. The molecule has 2 fully saturated rings. The number of nitrogens with two attached hydrogens (primary N) is 1. The number of nitrogens with zero attached hydrogens (tertiary/aromatic N) is 4. The second-order valence-electron chi connectivity index (χ2n) is 8.88. The summed E-state index contributed by atoms with van der Waals surface area (Å²) in [7, 11) is 0. The van der Waals surface area contributed by atoms with E-state index < -0.39 is 0 Å². The highest BCUT2D eigenvalue weighted by Gasteiger charge is 2.29. The number of primary amides is 1. The summed E-state index contributed by atoms with van der Waals surface area (Å²) in [6.07, 6.45) is 9.82. The van der Waals surface area contributed by atoms with Crippen molar-refractivity contribution in [1.29, 1.82) is 0 Å². The van der Waals surface area contributed by atoms with Gasteiger partial charge in [-0.25, -0.2) is 9.97 Å². The van der Waals surface area contributed by atoms with Gasteiger partial charge in [-0.2, -0.15) is 4.98 Å². The summed E-state index contributed by atoms with van der Waals surface area (Å²) < 4.78 is 2.16. The first kappa shape index (κ1) is 21.0. The zero-order valence-electron chi connectivity index (χ0n) is 17.9. The third-order valence-electron chi connectivity index (χ3n) is 6.67. The van der Waals surface area contributed by atoms with Crippen molar-refractivity contribution in [2.75, 3.05) is 10.6 Å². The number of carbonyl (C=O) groups excluding carboxylic acids is 1. The molecule has 0 aliphatic heterocycles. The molecular formula is C23H28ClN7O. The monoisotopic (exact) mass is 453 g/mol. The van der Waals surface area contributed by atoms with Gasteiger partial charge in [0.2, 0.25) is 17.8 Å². The number of halogens is 1. The Balaban J connectivity index is 1.50. The minimum absolute atomic E-state index is 0.0559. The maximum Gasteiger partial charge on any atom is 0.224 e. The largest absolute Gasteiger partial charge is 0.369 e. The Morgan fingerprint density at radius 2 is 1.88 bits per heavy atom. The maximum absolute atomic E-state index is 11.7. The Hall–Kier alpha value is -2.87. The molecule has 1 aromatic carbocycles. The minimum atomic E-state index is -0.207. The standard InChI is InChI=1S/C23H28ClN7O/c24-15-4-3-7-17(12-15)28-23-29-19-13-26-22(27-16-5-1-2-6-16)30-21(19)31(23)18-10-8-14(9-11-18)20(25)32/h3-4,7,12-14,16,18H,1-2,5-6,8-11H2,(H2,25,32)(H,28,29)(H,26,27,30)/t14-,18-. The molecule has 5 rings (SSSR count). The van der Waals surface area contributed by atoms with Crippen LogP contribution < -0.4 is 16.4 Å². The Morgan fingerprint density at radius 1 is 1.09 bits per heavy atom. The third-order valence-corrected chi connectivity index (χ3v) is 6.90. The highest BCUT2D eigenvalue weighted by Crippen LogP contribution is 2.37. The Kier molecular flexibility index (Phi) is 5.87. The maximum atomic E-state index is 11.7. The molecule has 4 N–H and O–H groups in total. The summed E-state index contributed by atoms with van der Waals surface area (Å²) in [6, 6.07) is 8.17. The van der Waals surface area contributed by atoms with Crippen LogP contribution in [-0.4, -0.2) is 31.5 Å². The van der Waals surface area contributed by atoms with Crippen LogP contribution in [0.15, 0.2) is 30.5 Å². The van der Waals surface area contributed by atoms with Gasteiger partial charge < -0.3 is 16.4 Å². The quantitative estimate of drug-likeness (QED) is 0.494. The number of anilines is 3. The lowest BCUT2D eigenvalue weighted by Gasteiger charge is -2.29. The molecule has 1 amide bonds. The fourth-order valence-electron chi connectivity index (χ4n) is 4.96. The molecule has 3 aromatic rings. The zero-order valence-corrected chi connectivity index (χ0v) is 18.7. The third kappa shape index (κ3) is 4.37. The molecule has 2 aliphatic rings. The van der Waals surface area contributed by atoms with Crippen LogP contribution in [0.2, 0.25) is 5.02 Å². The smallest absolute Gasteiger partial charge is 0.224 e. The fourth-order valence-corrected chi connectivity index (χ4v) is 5.15. The number of imidazole rings is 1. The first-order valence-electron chi connectivity index (χ1n) is 11.4. The lowest BCUT2D eigenvalue weighted by molar-refractivity contribution is -0.122. The van der Waals surface area contributed by atoms with E-state index in [1.807, 2.05) is 24.3 Å². The molecule has 0 radical (unpaired) electrons. The van der Waals surface area contributed by atoms with E-state index in [0.29, 0.717) is 23.0 Å². The molecule has 2 saturated carbocycles. The van der Waals surface area contributed by atoms with Crippen molar-refractivity contribution in [3.8, 4) is 0 Å². The Bertz CT molecular complexity index is 1120. The van der Waals surface area contributed by atoms with E-state index in [1.165, 1.54) is 12.8 Å². The van der Waals surface area contributed by atoms with Gasteiger partial charge >= 0.3 is 0 Å². The molecule has 8 nitrogen and oxygen atoms in total. The molecule has 0 spiro atoms. The Morgan fingerprint density at radius 3 is 2.59 bits per heavy atom. The van der Waals surface area contributed by atoms with Crippen LogP contribution in [0, 0.1) is 5.92 Å². The van der Waals surface area contributed by atoms with Crippen LogP contribution in [0.25, 0.3) is 11.2 Å². The lowest BCUT2D eigenvalue weighted by Crippen LogP contribution is -2.28. The number of amides is 1. The molecule has 0 saturated heterocycles. The van der Waals surface area contributed by atoms with Crippen molar-refractivity contribution < 1.29 is 4.79 Å². The van der Waals surface area contributed by atoms with E-state index in [-0.39, 0.29) is 17.9 Å². The minimum Gasteiger partial charge on any atom is -0.369 e. The second-order valence-corrected chi connectivity index (χ2v) is 9.31.